The highest BCUT2D eigenvalue weighted by atomic mass is 19.1. The van der Waals surface area contributed by atoms with Crippen molar-refractivity contribution in [2.24, 2.45) is 0 Å². The van der Waals surface area contributed by atoms with Gasteiger partial charge in [-0.2, -0.15) is 5.26 Å². The molecule has 7 nitrogen and oxygen atoms in total. The Labute approximate surface area is 199 Å². The number of rotatable bonds is 9. The van der Waals surface area contributed by atoms with Crippen molar-refractivity contribution in [1.82, 2.24) is 10.2 Å². The minimum absolute atomic E-state index is 0.106. The van der Waals surface area contributed by atoms with Crippen LogP contribution in [0.1, 0.15) is 49.3 Å². The van der Waals surface area contributed by atoms with E-state index in [9.17, 15) is 18.8 Å². The number of carbonyl (C=O) groups excluding carboxylic acids is 3. The van der Waals surface area contributed by atoms with E-state index in [4.69, 9.17) is 5.26 Å². The number of nitrogens with one attached hydrogen (secondary N) is 1. The van der Waals surface area contributed by atoms with Gasteiger partial charge < -0.3 is 10.2 Å². The predicted octanol–water partition coefficient (Wildman–Crippen LogP) is 4.33. The highest BCUT2D eigenvalue weighted by Crippen LogP contribution is 2.34. The van der Waals surface area contributed by atoms with Crippen LogP contribution in [0.15, 0.2) is 42.5 Å². The van der Waals surface area contributed by atoms with Gasteiger partial charge in [0.15, 0.2) is 0 Å². The third-order valence-electron chi connectivity index (χ3n) is 5.98. The number of nitriles is 1. The van der Waals surface area contributed by atoms with Gasteiger partial charge in [0.2, 0.25) is 5.91 Å². The minimum Gasteiger partial charge on any atom is -0.319 e. The molecule has 0 radical (unpaired) electrons. The highest BCUT2D eigenvalue weighted by Gasteiger charge is 2.52. The van der Waals surface area contributed by atoms with Crippen molar-refractivity contribution >= 4 is 23.5 Å². The molecule has 1 unspecified atom stereocenters. The molecule has 1 heterocycles. The molecule has 1 atom stereocenters. The fourth-order valence-electron chi connectivity index (χ4n) is 4.34. The van der Waals surface area contributed by atoms with Crippen LogP contribution in [-0.4, -0.2) is 35.8 Å². The Morgan fingerprint density at radius 2 is 1.79 bits per heavy atom. The maximum absolute atomic E-state index is 13.6. The molecule has 1 saturated heterocycles. The molecule has 0 spiro atoms. The minimum atomic E-state index is -1.35. The van der Waals surface area contributed by atoms with Gasteiger partial charge in [-0.3, -0.25) is 14.5 Å². The van der Waals surface area contributed by atoms with E-state index in [0.717, 1.165) is 22.4 Å². The average Bonchev–Trinajstić information content (AvgIpc) is 3.03. The smallest absolute Gasteiger partial charge is 0.319 e. The number of unbranched alkanes of at least 4 members (excludes halogenated alkanes) is 1. The number of hydrogen-bond donors (Lipinski definition) is 1. The number of benzene rings is 2. The number of anilines is 1. The van der Waals surface area contributed by atoms with E-state index < -0.39 is 35.7 Å². The zero-order valence-electron chi connectivity index (χ0n) is 19.7. The molecule has 0 aromatic heterocycles. The molecule has 8 heteroatoms. The van der Waals surface area contributed by atoms with Gasteiger partial charge in [0.1, 0.15) is 17.9 Å². The molecule has 3 rings (SSSR count). The summed E-state index contributed by atoms with van der Waals surface area (Å²) in [5.74, 6) is -1.44. The summed E-state index contributed by atoms with van der Waals surface area (Å²) in [6.45, 7) is 5.47. The van der Waals surface area contributed by atoms with Gasteiger partial charge in [-0.05, 0) is 61.2 Å². The Hall–Kier alpha value is -3.73. The van der Waals surface area contributed by atoms with E-state index >= 15 is 0 Å². The summed E-state index contributed by atoms with van der Waals surface area (Å²) in [5.41, 5.74) is 1.65. The van der Waals surface area contributed by atoms with Crippen LogP contribution in [0.2, 0.25) is 0 Å². The molecule has 1 N–H and O–H groups in total. The zero-order chi connectivity index (χ0) is 24.9. The van der Waals surface area contributed by atoms with Crippen molar-refractivity contribution in [2.45, 2.75) is 52.0 Å². The fraction of sp³-hybridized carbons (Fsp3) is 0.385. The number of amides is 4. The molecule has 178 valence electrons. The molecule has 2 aromatic rings. The number of hydrogen-bond acceptors (Lipinski definition) is 4. The number of urea groups is 1. The normalized spacial score (nSPS) is 17.4. The number of halogens is 1. The summed E-state index contributed by atoms with van der Waals surface area (Å²) in [7, 11) is 0. The Kier molecular flexibility index (Phi) is 7.67. The number of nitrogens with zero attached hydrogens (tertiary/aromatic N) is 3. The third kappa shape index (κ3) is 5.09. The van der Waals surface area contributed by atoms with E-state index in [-0.39, 0.29) is 13.0 Å². The maximum Gasteiger partial charge on any atom is 0.325 e. The summed E-state index contributed by atoms with van der Waals surface area (Å²) in [5, 5.41) is 11.8. The van der Waals surface area contributed by atoms with Gasteiger partial charge in [-0.25, -0.2) is 9.18 Å². The first-order chi connectivity index (χ1) is 16.2. The summed E-state index contributed by atoms with van der Waals surface area (Å²) in [4.78, 5) is 42.2. The van der Waals surface area contributed by atoms with Crippen molar-refractivity contribution in [3.05, 3.63) is 65.0 Å². The van der Waals surface area contributed by atoms with Crippen LogP contribution < -0.4 is 10.2 Å². The van der Waals surface area contributed by atoms with Gasteiger partial charge >= 0.3 is 6.03 Å². The lowest BCUT2D eigenvalue weighted by Crippen LogP contribution is -2.46. The maximum atomic E-state index is 13.6. The van der Waals surface area contributed by atoms with E-state index in [2.05, 4.69) is 5.32 Å². The van der Waals surface area contributed by atoms with Crippen molar-refractivity contribution in [3.63, 3.8) is 0 Å². The van der Waals surface area contributed by atoms with E-state index in [1.807, 2.05) is 45.0 Å². The van der Waals surface area contributed by atoms with E-state index in [1.54, 1.807) is 0 Å². The van der Waals surface area contributed by atoms with Crippen LogP contribution in [0.4, 0.5) is 14.9 Å². The molecule has 1 aliphatic heterocycles. The van der Waals surface area contributed by atoms with Gasteiger partial charge in [-0.1, -0.05) is 38.0 Å². The second kappa shape index (κ2) is 10.5. The number of carbonyl (C=O) groups is 3. The molecule has 4 amide bonds. The van der Waals surface area contributed by atoms with Gasteiger partial charge in [0.05, 0.1) is 12.5 Å². The van der Waals surface area contributed by atoms with Crippen LogP contribution in [0.3, 0.4) is 0 Å². The van der Waals surface area contributed by atoms with Crippen molar-refractivity contribution in [1.29, 1.82) is 5.26 Å². The second-order valence-corrected chi connectivity index (χ2v) is 8.64. The first-order valence-corrected chi connectivity index (χ1v) is 11.4. The van der Waals surface area contributed by atoms with Crippen LogP contribution >= 0.6 is 0 Å². The topological polar surface area (TPSA) is 93.5 Å². The SMILES string of the molecule is CCCCC1(c2ccc(F)cc2)NC(=O)N(CC(=O)N(CCC#N)c2cc(C)cc(C)c2)C1=O. The molecular formula is C26H29FN4O3. The van der Waals surface area contributed by atoms with Gasteiger partial charge in [0.25, 0.3) is 5.91 Å². The summed E-state index contributed by atoms with van der Waals surface area (Å²) in [6.07, 6.45) is 1.89. The Morgan fingerprint density at radius 1 is 1.15 bits per heavy atom. The number of imide groups is 1. The monoisotopic (exact) mass is 464 g/mol. The molecule has 0 bridgehead atoms. The first-order valence-electron chi connectivity index (χ1n) is 11.4. The van der Waals surface area contributed by atoms with E-state index in [0.29, 0.717) is 24.1 Å². The standard InChI is InChI=1S/C26H29FN4O3/c1-4-5-11-26(20-7-9-21(27)10-8-20)24(33)31(25(34)29-26)17-23(32)30(13-6-12-28)22-15-18(2)14-19(3)16-22/h7-10,14-16H,4-6,11,13,17H2,1-3H3,(H,29,34). The zero-order valence-corrected chi connectivity index (χ0v) is 19.7. The third-order valence-corrected chi connectivity index (χ3v) is 5.98. The van der Waals surface area contributed by atoms with Crippen LogP contribution in [-0.2, 0) is 15.1 Å². The molecule has 0 saturated carbocycles. The van der Waals surface area contributed by atoms with Crippen LogP contribution in [0.5, 0.6) is 0 Å². The highest BCUT2D eigenvalue weighted by molar-refractivity contribution is 6.10. The molecule has 1 fully saturated rings. The Morgan fingerprint density at radius 3 is 2.38 bits per heavy atom. The molecule has 1 aliphatic rings. The average molecular weight is 465 g/mol. The van der Waals surface area contributed by atoms with E-state index in [1.165, 1.54) is 29.2 Å². The quantitative estimate of drug-likeness (QED) is 0.559. The van der Waals surface area contributed by atoms with Crippen molar-refractivity contribution in [3.8, 4) is 6.07 Å². The fourth-order valence-corrected chi connectivity index (χ4v) is 4.34. The lowest BCUT2D eigenvalue weighted by molar-refractivity contribution is -0.135. The van der Waals surface area contributed by atoms with Crippen LogP contribution in [0, 0.1) is 31.0 Å². The van der Waals surface area contributed by atoms with Crippen molar-refractivity contribution in [2.75, 3.05) is 18.0 Å². The Bertz CT molecular complexity index is 1110. The van der Waals surface area contributed by atoms with Crippen molar-refractivity contribution < 1.29 is 18.8 Å². The Balaban J connectivity index is 1.91. The number of aryl methyl sites for hydroxylation is 2. The summed E-state index contributed by atoms with van der Waals surface area (Å²) >= 11 is 0. The molecule has 34 heavy (non-hydrogen) atoms. The molecular weight excluding hydrogens is 435 g/mol. The molecule has 0 aliphatic carbocycles. The van der Waals surface area contributed by atoms with Gasteiger partial charge in [-0.15, -0.1) is 0 Å². The van der Waals surface area contributed by atoms with Crippen LogP contribution in [0.25, 0.3) is 0 Å². The molecule has 2 aromatic carbocycles. The first kappa shape index (κ1) is 24.9. The van der Waals surface area contributed by atoms with Gasteiger partial charge in [0, 0.05) is 12.2 Å². The summed E-state index contributed by atoms with van der Waals surface area (Å²) in [6, 6.07) is 12.5. The lowest BCUT2D eigenvalue weighted by Gasteiger charge is -2.28. The summed E-state index contributed by atoms with van der Waals surface area (Å²) < 4.78 is 13.5. The lowest BCUT2D eigenvalue weighted by atomic mass is 9.85. The largest absolute Gasteiger partial charge is 0.325 e. The second-order valence-electron chi connectivity index (χ2n) is 8.64. The predicted molar refractivity (Wildman–Crippen MR) is 126 cm³/mol.